The number of carbonyl (C=O) groups is 1. The van der Waals surface area contributed by atoms with E-state index in [9.17, 15) is 4.79 Å². The number of hydrogen-bond acceptors (Lipinski definition) is 6. The first kappa shape index (κ1) is 12.8. The fourth-order valence-corrected chi connectivity index (χ4v) is 2.08. The van der Waals surface area contributed by atoms with Crippen molar-refractivity contribution < 1.29 is 9.53 Å². The van der Waals surface area contributed by atoms with Crippen LogP contribution in [0.3, 0.4) is 0 Å². The van der Waals surface area contributed by atoms with Crippen molar-refractivity contribution >= 4 is 11.8 Å². The molecule has 0 saturated carbocycles. The van der Waals surface area contributed by atoms with E-state index in [2.05, 4.69) is 26.8 Å². The maximum absolute atomic E-state index is 11.2. The van der Waals surface area contributed by atoms with Gasteiger partial charge in [-0.1, -0.05) is 6.92 Å². The quantitative estimate of drug-likeness (QED) is 0.767. The summed E-state index contributed by atoms with van der Waals surface area (Å²) in [5.74, 6) is 0.741. The molecule has 1 fully saturated rings. The summed E-state index contributed by atoms with van der Waals surface area (Å²) in [7, 11) is 1.33. The molecule has 0 bridgehead atoms. The number of nitrogens with zero attached hydrogens (tertiary/aromatic N) is 3. The van der Waals surface area contributed by atoms with Crippen LogP contribution < -0.4 is 10.6 Å². The van der Waals surface area contributed by atoms with Gasteiger partial charge in [-0.25, -0.2) is 4.79 Å². The van der Waals surface area contributed by atoms with Gasteiger partial charge in [0.25, 0.3) is 0 Å². The molecule has 1 aromatic heterocycles. The minimum absolute atomic E-state index is 0.225. The van der Waals surface area contributed by atoms with E-state index in [-0.39, 0.29) is 11.7 Å². The molecule has 2 atom stereocenters. The summed E-state index contributed by atoms with van der Waals surface area (Å²) in [4.78, 5) is 13.4. The molecule has 98 valence electrons. The van der Waals surface area contributed by atoms with Crippen LogP contribution >= 0.6 is 0 Å². The largest absolute Gasteiger partial charge is 0.464 e. The number of esters is 1. The highest BCUT2D eigenvalue weighted by molar-refractivity contribution is 5.86. The fourth-order valence-electron chi connectivity index (χ4n) is 2.08. The van der Waals surface area contributed by atoms with Gasteiger partial charge in [0.05, 0.1) is 7.11 Å². The Morgan fingerprint density at radius 2 is 2.28 bits per heavy atom. The average Bonchev–Trinajstić information content (AvgIpc) is 2.41. The third-order valence-electron chi connectivity index (χ3n) is 3.34. The highest BCUT2D eigenvalue weighted by atomic mass is 16.5. The maximum Gasteiger partial charge on any atom is 0.358 e. The van der Waals surface area contributed by atoms with Crippen LogP contribution in [0.1, 0.15) is 23.8 Å². The van der Waals surface area contributed by atoms with E-state index in [1.165, 1.54) is 7.11 Å². The van der Waals surface area contributed by atoms with Crippen molar-refractivity contribution in [2.45, 2.75) is 19.4 Å². The summed E-state index contributed by atoms with van der Waals surface area (Å²) in [5.41, 5.74) is 6.20. The Balaban J connectivity index is 2.08. The van der Waals surface area contributed by atoms with Gasteiger partial charge in [-0.2, -0.15) is 0 Å². The second kappa shape index (κ2) is 5.30. The number of methoxy groups -OCH3 is 1. The highest BCUT2D eigenvalue weighted by Crippen LogP contribution is 2.20. The van der Waals surface area contributed by atoms with Crippen LogP contribution in [-0.2, 0) is 4.74 Å². The Bertz CT molecular complexity index is 421. The van der Waals surface area contributed by atoms with Crippen LogP contribution in [0.15, 0.2) is 12.1 Å². The van der Waals surface area contributed by atoms with Crippen LogP contribution in [0, 0.1) is 5.92 Å². The molecule has 0 aromatic carbocycles. The molecular weight excluding hydrogens is 232 g/mol. The monoisotopic (exact) mass is 250 g/mol. The number of nitrogens with two attached hydrogens (primary N) is 1. The predicted octanol–water partition coefficient (Wildman–Crippen LogP) is 0.437. The van der Waals surface area contributed by atoms with E-state index < -0.39 is 5.97 Å². The number of anilines is 1. The Morgan fingerprint density at radius 3 is 2.83 bits per heavy atom. The van der Waals surface area contributed by atoms with Crippen molar-refractivity contribution in [1.82, 2.24) is 10.2 Å². The molecule has 2 unspecified atom stereocenters. The smallest absolute Gasteiger partial charge is 0.358 e. The van der Waals surface area contributed by atoms with Gasteiger partial charge >= 0.3 is 5.97 Å². The lowest BCUT2D eigenvalue weighted by Crippen LogP contribution is -2.46. The summed E-state index contributed by atoms with van der Waals surface area (Å²) < 4.78 is 4.58. The second-order valence-electron chi connectivity index (χ2n) is 4.64. The molecule has 0 spiro atoms. The predicted molar refractivity (Wildman–Crippen MR) is 67.3 cm³/mol. The minimum Gasteiger partial charge on any atom is -0.464 e. The number of ether oxygens (including phenoxy) is 1. The average molecular weight is 250 g/mol. The topological polar surface area (TPSA) is 81.3 Å². The standard InChI is InChI=1S/C12H18N4O2/c1-8-7-16(6-5-9(8)13)11-4-3-10(14-15-11)12(17)18-2/h3-4,8-9H,5-7,13H2,1-2H3. The van der Waals surface area contributed by atoms with Gasteiger partial charge in [0, 0.05) is 19.1 Å². The van der Waals surface area contributed by atoms with Gasteiger partial charge < -0.3 is 15.4 Å². The number of rotatable bonds is 2. The van der Waals surface area contributed by atoms with Crippen LogP contribution in [0.2, 0.25) is 0 Å². The third-order valence-corrected chi connectivity index (χ3v) is 3.34. The first-order valence-corrected chi connectivity index (χ1v) is 6.04. The molecule has 2 heterocycles. The lowest BCUT2D eigenvalue weighted by atomic mass is 9.95. The van der Waals surface area contributed by atoms with Crippen molar-refractivity contribution in [2.75, 3.05) is 25.1 Å². The van der Waals surface area contributed by atoms with Crippen molar-refractivity contribution in [3.8, 4) is 0 Å². The third kappa shape index (κ3) is 2.59. The van der Waals surface area contributed by atoms with E-state index in [0.717, 1.165) is 25.3 Å². The fraction of sp³-hybridized carbons (Fsp3) is 0.583. The van der Waals surface area contributed by atoms with Crippen molar-refractivity contribution in [3.63, 3.8) is 0 Å². The van der Waals surface area contributed by atoms with Gasteiger partial charge in [0.15, 0.2) is 11.5 Å². The number of carbonyl (C=O) groups excluding carboxylic acids is 1. The van der Waals surface area contributed by atoms with Crippen LogP contribution in [0.25, 0.3) is 0 Å². The molecule has 1 saturated heterocycles. The lowest BCUT2D eigenvalue weighted by Gasteiger charge is -2.35. The Labute approximate surface area is 106 Å². The number of piperidine rings is 1. The van der Waals surface area contributed by atoms with Gasteiger partial charge in [0.2, 0.25) is 0 Å². The molecule has 2 N–H and O–H groups in total. The van der Waals surface area contributed by atoms with Crippen molar-refractivity contribution in [1.29, 1.82) is 0 Å². The van der Waals surface area contributed by atoms with Crippen LogP contribution in [-0.4, -0.2) is 42.4 Å². The summed E-state index contributed by atoms with van der Waals surface area (Å²) in [6, 6.07) is 3.68. The molecule has 1 aliphatic rings. The molecule has 0 radical (unpaired) electrons. The summed E-state index contributed by atoms with van der Waals surface area (Å²) in [6.45, 7) is 3.87. The van der Waals surface area contributed by atoms with E-state index in [1.807, 2.05) is 0 Å². The molecule has 18 heavy (non-hydrogen) atoms. The lowest BCUT2D eigenvalue weighted by molar-refractivity contribution is 0.0592. The normalized spacial score (nSPS) is 23.8. The zero-order chi connectivity index (χ0) is 13.1. The molecular formula is C12H18N4O2. The highest BCUT2D eigenvalue weighted by Gasteiger charge is 2.24. The Kier molecular flexibility index (Phi) is 3.76. The van der Waals surface area contributed by atoms with Crippen molar-refractivity contribution in [2.24, 2.45) is 11.7 Å². The Hall–Kier alpha value is -1.69. The molecule has 1 aromatic rings. The van der Waals surface area contributed by atoms with Crippen molar-refractivity contribution in [3.05, 3.63) is 17.8 Å². The van der Waals surface area contributed by atoms with E-state index in [4.69, 9.17) is 5.73 Å². The zero-order valence-electron chi connectivity index (χ0n) is 10.7. The molecule has 2 rings (SSSR count). The zero-order valence-corrected chi connectivity index (χ0v) is 10.7. The summed E-state index contributed by atoms with van der Waals surface area (Å²) >= 11 is 0. The maximum atomic E-state index is 11.2. The minimum atomic E-state index is -0.469. The molecule has 6 nitrogen and oxygen atoms in total. The number of aromatic nitrogens is 2. The van der Waals surface area contributed by atoms with Gasteiger partial charge in [-0.05, 0) is 24.5 Å². The van der Waals surface area contributed by atoms with Gasteiger partial charge in [0.1, 0.15) is 0 Å². The van der Waals surface area contributed by atoms with E-state index in [1.54, 1.807) is 12.1 Å². The summed E-state index contributed by atoms with van der Waals surface area (Å²) in [5, 5.41) is 7.94. The van der Waals surface area contributed by atoms with Crippen LogP contribution in [0.4, 0.5) is 5.82 Å². The number of hydrogen-bond donors (Lipinski definition) is 1. The molecule has 1 aliphatic heterocycles. The van der Waals surface area contributed by atoms with Crippen LogP contribution in [0.5, 0.6) is 0 Å². The van der Waals surface area contributed by atoms with E-state index in [0.29, 0.717) is 5.92 Å². The summed E-state index contributed by atoms with van der Waals surface area (Å²) in [6.07, 6.45) is 0.946. The van der Waals surface area contributed by atoms with Gasteiger partial charge in [-0.3, -0.25) is 0 Å². The first-order chi connectivity index (χ1) is 8.61. The SMILES string of the molecule is COC(=O)c1ccc(N2CCC(N)C(C)C2)nn1. The van der Waals surface area contributed by atoms with E-state index >= 15 is 0 Å². The first-order valence-electron chi connectivity index (χ1n) is 6.04. The Morgan fingerprint density at radius 1 is 1.50 bits per heavy atom. The second-order valence-corrected chi connectivity index (χ2v) is 4.64. The molecule has 0 aliphatic carbocycles. The molecule has 0 amide bonds. The van der Waals surface area contributed by atoms with Gasteiger partial charge in [-0.15, -0.1) is 10.2 Å². The molecule has 6 heteroatoms.